The summed E-state index contributed by atoms with van der Waals surface area (Å²) in [7, 11) is 1.37. The molecule has 0 unspecified atom stereocenters. The number of nitrogens with one attached hydrogen (secondary N) is 7. The van der Waals surface area contributed by atoms with E-state index in [1.807, 2.05) is 33.8 Å². The Labute approximate surface area is 502 Å². The molecule has 2 rings (SSSR count). The van der Waals surface area contributed by atoms with Crippen molar-refractivity contribution in [1.82, 2.24) is 47.0 Å². The molecule has 0 radical (unpaired) electrons. The number of rotatable bonds is 39. The number of aliphatic carboxylic acids is 1. The lowest BCUT2D eigenvalue weighted by Crippen LogP contribution is -2.61. The van der Waals surface area contributed by atoms with Crippen LogP contribution in [0.3, 0.4) is 0 Å². The number of unbranched alkanes of at least 4 members (excludes halogenated alkanes) is 4. The third-order valence-corrected chi connectivity index (χ3v) is 14.9. The van der Waals surface area contributed by atoms with Crippen molar-refractivity contribution in [2.75, 3.05) is 20.1 Å². The zero-order chi connectivity index (χ0) is 64.1. The number of benzene rings is 1. The number of likely N-dealkylation sites (N-methyl/N-ethyl adjacent to an activating group) is 1. The van der Waals surface area contributed by atoms with Gasteiger partial charge in [0.25, 0.3) is 0 Å². The maximum absolute atomic E-state index is 14.8. The molecule has 1 aliphatic rings. The van der Waals surface area contributed by atoms with Gasteiger partial charge in [-0.2, -0.15) is 0 Å². The van der Waals surface area contributed by atoms with Crippen LogP contribution in [0.4, 0.5) is 0 Å². The minimum atomic E-state index is -1.77. The van der Waals surface area contributed by atoms with Gasteiger partial charge < -0.3 is 69.3 Å². The van der Waals surface area contributed by atoms with Gasteiger partial charge in [-0.25, -0.2) is 0 Å². The predicted molar refractivity (Wildman–Crippen MR) is 323 cm³/mol. The fraction of sp³-hybridized carbons (Fsp3) is 0.700. The Morgan fingerprint density at radius 1 is 0.635 bits per heavy atom. The maximum Gasteiger partial charge on any atom is 0.305 e. The number of hydrogen-bond acceptors (Lipinski definition) is 12. The molecule has 0 bridgehead atoms. The molecular formula is C60H101N13O12. The number of carboxylic acids is 1. The number of nitrogens with zero attached hydrogens (tertiary/aromatic N) is 3. The van der Waals surface area contributed by atoms with E-state index in [1.54, 1.807) is 52.0 Å². The average Bonchev–Trinajstić information content (AvgIpc) is 4.09. The van der Waals surface area contributed by atoms with Crippen molar-refractivity contribution in [3.05, 3.63) is 35.9 Å². The van der Waals surface area contributed by atoms with Gasteiger partial charge in [0.05, 0.1) is 6.42 Å². The zero-order valence-electron chi connectivity index (χ0n) is 52.1. The molecule has 1 aliphatic heterocycles. The lowest BCUT2D eigenvalue weighted by atomic mass is 9.97. The molecule has 1 aromatic carbocycles. The van der Waals surface area contributed by atoms with Crippen molar-refractivity contribution >= 4 is 71.0 Å². The van der Waals surface area contributed by atoms with Crippen LogP contribution in [0.15, 0.2) is 35.3 Å². The van der Waals surface area contributed by atoms with Gasteiger partial charge in [0.1, 0.15) is 54.4 Å². The summed E-state index contributed by atoms with van der Waals surface area (Å²) in [6, 6.07) is -2.14. The number of amides is 10. The molecule has 478 valence electrons. The van der Waals surface area contributed by atoms with E-state index in [0.717, 1.165) is 31.2 Å². The Morgan fingerprint density at radius 2 is 1.18 bits per heavy atom. The van der Waals surface area contributed by atoms with Crippen LogP contribution >= 0.6 is 0 Å². The summed E-state index contributed by atoms with van der Waals surface area (Å²) in [5, 5.41) is 28.8. The Kier molecular flexibility index (Phi) is 32.9. The van der Waals surface area contributed by atoms with Gasteiger partial charge in [-0.05, 0) is 87.5 Å². The Bertz CT molecular complexity index is 2400. The first-order chi connectivity index (χ1) is 40.0. The summed E-state index contributed by atoms with van der Waals surface area (Å²) in [4.78, 5) is 158. The van der Waals surface area contributed by atoms with E-state index in [1.165, 1.54) is 23.8 Å². The highest BCUT2D eigenvalue weighted by molar-refractivity contribution is 5.99. The van der Waals surface area contributed by atoms with Crippen LogP contribution in [0.2, 0.25) is 0 Å². The predicted octanol–water partition coefficient (Wildman–Crippen LogP) is 2.02. The molecule has 1 aromatic rings. The molecule has 0 spiro atoms. The van der Waals surface area contributed by atoms with E-state index in [0.29, 0.717) is 19.3 Å². The number of nitrogens with two attached hydrogens (primary N) is 3. The molecule has 0 aromatic heterocycles. The van der Waals surface area contributed by atoms with E-state index in [9.17, 15) is 57.8 Å². The molecular weight excluding hydrogens is 1090 g/mol. The zero-order valence-corrected chi connectivity index (χ0v) is 52.1. The van der Waals surface area contributed by atoms with Crippen LogP contribution < -0.4 is 54.4 Å². The first-order valence-electron chi connectivity index (χ1n) is 30.3. The number of aliphatic imine (C=N–C) groups is 1. The lowest BCUT2D eigenvalue weighted by molar-refractivity contribution is -0.149. The standard InChI is InChI=1S/C60H101N13O12/c1-12-14-15-16-20-27-48(74)65-39(10)52(78)67-43(33-40-23-18-17-19-24-40)55(81)68-42(30-35(3)4)54(80)70-45(31-36(5)6)58(84)73-29-22-26-46(73)59(85)72(11)47(32-37(7)8)57(83)69-44(34-49(75)76)56(82)66-41(25-21-28-64-60(62)63)53(79)71-50(51(61)77)38(9)13-2/h17-19,23-24,35-39,41-47,50H,12-16,20-22,25-34H2,1-11H3,(H2,61,77)(H,65,74)(H,66,82)(H,67,78)(H,68,81)(H,69,83)(H,70,80)(H,71,79)(H,75,76)(H4,62,63,64)/t38-,39+,41-,42+,43-,44-,45-,46-,47-,50-/m0/s1. The summed E-state index contributed by atoms with van der Waals surface area (Å²) in [6.07, 6.45) is 5.57. The molecule has 0 saturated carbocycles. The van der Waals surface area contributed by atoms with Crippen molar-refractivity contribution in [3.63, 3.8) is 0 Å². The third-order valence-electron chi connectivity index (χ3n) is 14.9. The van der Waals surface area contributed by atoms with Gasteiger partial charge in [-0.1, -0.05) is 125 Å². The van der Waals surface area contributed by atoms with E-state index < -0.39 is 120 Å². The Hall–Kier alpha value is -7.34. The third kappa shape index (κ3) is 26.6. The molecule has 1 saturated heterocycles. The molecule has 85 heavy (non-hydrogen) atoms. The molecule has 25 heteroatoms. The van der Waals surface area contributed by atoms with E-state index in [2.05, 4.69) is 49.1 Å². The van der Waals surface area contributed by atoms with Crippen LogP contribution in [-0.4, -0.2) is 160 Å². The first-order valence-corrected chi connectivity index (χ1v) is 30.3. The summed E-state index contributed by atoms with van der Waals surface area (Å²) in [6.45, 7) is 18.3. The fourth-order valence-electron chi connectivity index (χ4n) is 10.0. The first kappa shape index (κ1) is 73.8. The number of hydrogen-bond donors (Lipinski definition) is 11. The second-order valence-electron chi connectivity index (χ2n) is 23.8. The maximum atomic E-state index is 14.8. The van der Waals surface area contributed by atoms with E-state index in [4.69, 9.17) is 17.2 Å². The molecule has 10 atom stereocenters. The molecule has 14 N–H and O–H groups in total. The molecule has 0 aliphatic carbocycles. The highest BCUT2D eigenvalue weighted by Crippen LogP contribution is 2.25. The Balaban J connectivity index is 2.43. The van der Waals surface area contributed by atoms with Crippen LogP contribution in [0, 0.1) is 23.7 Å². The molecule has 1 heterocycles. The van der Waals surface area contributed by atoms with Crippen LogP contribution in [0.1, 0.15) is 171 Å². The second-order valence-corrected chi connectivity index (χ2v) is 23.8. The molecule has 25 nitrogen and oxygen atoms in total. The van der Waals surface area contributed by atoms with Gasteiger partial charge in [0, 0.05) is 33.0 Å². The summed E-state index contributed by atoms with van der Waals surface area (Å²) < 4.78 is 0. The lowest BCUT2D eigenvalue weighted by Gasteiger charge is -2.35. The normalized spacial score (nSPS) is 16.3. The number of carbonyl (C=O) groups is 11. The van der Waals surface area contributed by atoms with Crippen LogP contribution in [0.5, 0.6) is 0 Å². The number of carboxylic acid groups (broad SMARTS) is 1. The van der Waals surface area contributed by atoms with Crippen molar-refractivity contribution in [2.24, 2.45) is 45.9 Å². The topological polar surface area (TPSA) is 389 Å². The van der Waals surface area contributed by atoms with Gasteiger partial charge in [-0.3, -0.25) is 57.7 Å². The number of primary amides is 1. The SMILES string of the molecule is CCCCCCCC(=O)N[C@H](C)C(=O)N[C@@H](Cc1ccccc1)C(=O)N[C@H](CC(C)C)C(=O)N[C@@H](CC(C)C)C(=O)N1CCC[C@H]1C(=O)N(C)[C@@H](CC(C)C)C(=O)N[C@@H](CC(=O)O)C(=O)N[C@@H](CCCN=C(N)N)C(=O)N[C@H](C(N)=O)[C@@H](C)CC. The fourth-order valence-corrected chi connectivity index (χ4v) is 10.0. The largest absolute Gasteiger partial charge is 0.481 e. The Morgan fingerprint density at radius 3 is 1.75 bits per heavy atom. The number of guanidine groups is 1. The minimum absolute atomic E-state index is 0.0375. The van der Waals surface area contributed by atoms with Crippen LogP contribution in [0.25, 0.3) is 0 Å². The minimum Gasteiger partial charge on any atom is -0.481 e. The van der Waals surface area contributed by atoms with Crippen LogP contribution in [-0.2, 0) is 59.2 Å². The van der Waals surface area contributed by atoms with Gasteiger partial charge in [-0.15, -0.1) is 0 Å². The smallest absolute Gasteiger partial charge is 0.305 e. The van der Waals surface area contributed by atoms with Gasteiger partial charge >= 0.3 is 5.97 Å². The second kappa shape index (κ2) is 37.9. The molecule has 1 fully saturated rings. The van der Waals surface area contributed by atoms with Gasteiger partial charge in [0.15, 0.2) is 5.96 Å². The van der Waals surface area contributed by atoms with Crippen molar-refractivity contribution < 1.29 is 57.8 Å². The summed E-state index contributed by atoms with van der Waals surface area (Å²) >= 11 is 0. The monoisotopic (exact) mass is 1200 g/mol. The number of likely N-dealkylation sites (tertiary alicyclic amines) is 1. The summed E-state index contributed by atoms with van der Waals surface area (Å²) in [5.41, 5.74) is 17.3. The van der Waals surface area contributed by atoms with Crippen molar-refractivity contribution in [1.29, 1.82) is 0 Å². The summed E-state index contributed by atoms with van der Waals surface area (Å²) in [5.74, 6) is -9.56. The quantitative estimate of drug-likeness (QED) is 0.0255. The van der Waals surface area contributed by atoms with E-state index >= 15 is 0 Å². The van der Waals surface area contributed by atoms with Gasteiger partial charge in [0.2, 0.25) is 59.1 Å². The highest BCUT2D eigenvalue weighted by Gasteiger charge is 2.43. The highest BCUT2D eigenvalue weighted by atomic mass is 16.4. The average molecular weight is 1200 g/mol. The van der Waals surface area contributed by atoms with E-state index in [-0.39, 0.29) is 100.0 Å². The van der Waals surface area contributed by atoms with Crippen molar-refractivity contribution in [2.45, 2.75) is 226 Å². The number of carbonyl (C=O) groups excluding carboxylic acids is 10. The van der Waals surface area contributed by atoms with Crippen molar-refractivity contribution in [3.8, 4) is 0 Å². The molecule has 10 amide bonds.